The normalized spacial score (nSPS) is 11.0. The number of benzene rings is 2. The Kier molecular flexibility index (Phi) is 7.92. The van der Waals surface area contributed by atoms with Crippen molar-refractivity contribution in [1.82, 2.24) is 15.4 Å². The summed E-state index contributed by atoms with van der Waals surface area (Å²) >= 11 is 0. The number of hydrogen-bond acceptors (Lipinski definition) is 4. The monoisotopic (exact) mass is 455 g/mol. The van der Waals surface area contributed by atoms with Crippen molar-refractivity contribution in [3.8, 4) is 0 Å². The minimum atomic E-state index is -0.824. The van der Waals surface area contributed by atoms with E-state index in [-0.39, 0.29) is 23.8 Å². The predicted molar refractivity (Wildman–Crippen MR) is 119 cm³/mol. The Labute approximate surface area is 191 Å². The highest BCUT2D eigenvalue weighted by molar-refractivity contribution is 5.94. The predicted octanol–water partition coefficient (Wildman–Crippen LogP) is 5.02. The van der Waals surface area contributed by atoms with Crippen LogP contribution >= 0.6 is 0 Å². The summed E-state index contributed by atoms with van der Waals surface area (Å²) in [7, 11) is 0. The molecule has 1 heterocycles. The Balaban J connectivity index is 1.73. The van der Waals surface area contributed by atoms with Crippen molar-refractivity contribution < 1.29 is 22.9 Å². The zero-order valence-electron chi connectivity index (χ0n) is 18.9. The first-order valence-electron chi connectivity index (χ1n) is 10.9. The molecule has 0 aliphatic heterocycles. The summed E-state index contributed by atoms with van der Waals surface area (Å²) in [6.45, 7) is 6.18. The standard InChI is InChI=1S/C25H27F2N3O3/c1-4-21(5-2)30(25(32)18-10-19(26)12-20(27)11-18)15-22-13-23(29-33-22)24(31)28-14-17-8-6-16(3)7-9-17/h6-13,21H,4-5,14-15H2,1-3H3,(H,28,31). The summed E-state index contributed by atoms with van der Waals surface area (Å²) in [6, 6.07) is 11.8. The lowest BCUT2D eigenvalue weighted by Crippen LogP contribution is -2.39. The van der Waals surface area contributed by atoms with Crippen molar-refractivity contribution in [3.63, 3.8) is 0 Å². The van der Waals surface area contributed by atoms with Gasteiger partial charge in [-0.15, -0.1) is 0 Å². The molecule has 0 aliphatic carbocycles. The molecule has 0 radical (unpaired) electrons. The molecular formula is C25H27F2N3O3. The highest BCUT2D eigenvalue weighted by Gasteiger charge is 2.26. The molecule has 1 aromatic heterocycles. The van der Waals surface area contributed by atoms with Crippen LogP contribution in [-0.4, -0.2) is 27.9 Å². The van der Waals surface area contributed by atoms with Crippen molar-refractivity contribution in [2.45, 2.75) is 52.7 Å². The number of aryl methyl sites for hydroxylation is 1. The molecule has 0 atom stereocenters. The van der Waals surface area contributed by atoms with E-state index in [2.05, 4.69) is 10.5 Å². The van der Waals surface area contributed by atoms with E-state index in [4.69, 9.17) is 4.52 Å². The van der Waals surface area contributed by atoms with Crippen LogP contribution in [0.3, 0.4) is 0 Å². The molecular weight excluding hydrogens is 428 g/mol. The lowest BCUT2D eigenvalue weighted by Gasteiger charge is -2.29. The van der Waals surface area contributed by atoms with Crippen LogP contribution < -0.4 is 5.32 Å². The molecule has 0 unspecified atom stereocenters. The average molecular weight is 456 g/mol. The van der Waals surface area contributed by atoms with Crippen LogP contribution in [0.1, 0.15) is 64.4 Å². The van der Waals surface area contributed by atoms with Crippen LogP contribution in [0.4, 0.5) is 8.78 Å². The zero-order chi connectivity index (χ0) is 24.0. The number of hydrogen-bond donors (Lipinski definition) is 1. The van der Waals surface area contributed by atoms with E-state index >= 15 is 0 Å². The third-order valence-corrected chi connectivity index (χ3v) is 5.45. The molecule has 0 bridgehead atoms. The number of rotatable bonds is 9. The van der Waals surface area contributed by atoms with Gasteiger partial charge in [-0.25, -0.2) is 8.78 Å². The Bertz CT molecular complexity index is 1090. The van der Waals surface area contributed by atoms with Gasteiger partial charge in [0.2, 0.25) is 0 Å². The first kappa shape index (κ1) is 24.1. The second-order valence-corrected chi connectivity index (χ2v) is 7.91. The van der Waals surface area contributed by atoms with Gasteiger partial charge in [-0.3, -0.25) is 9.59 Å². The van der Waals surface area contributed by atoms with Crippen LogP contribution in [0.5, 0.6) is 0 Å². The zero-order valence-corrected chi connectivity index (χ0v) is 18.9. The summed E-state index contributed by atoms with van der Waals surface area (Å²) in [5.74, 6) is -2.28. The molecule has 0 aliphatic rings. The highest BCUT2D eigenvalue weighted by Crippen LogP contribution is 2.20. The molecule has 0 fully saturated rings. The molecule has 3 aromatic rings. The minimum absolute atomic E-state index is 0.0154. The third kappa shape index (κ3) is 6.25. The summed E-state index contributed by atoms with van der Waals surface area (Å²) in [5.41, 5.74) is 2.08. The van der Waals surface area contributed by atoms with Gasteiger partial charge in [0.05, 0.1) is 6.54 Å². The smallest absolute Gasteiger partial charge is 0.273 e. The van der Waals surface area contributed by atoms with Gasteiger partial charge in [0, 0.05) is 30.3 Å². The van der Waals surface area contributed by atoms with Gasteiger partial charge in [-0.1, -0.05) is 48.8 Å². The fourth-order valence-corrected chi connectivity index (χ4v) is 3.58. The van der Waals surface area contributed by atoms with Crippen LogP contribution in [-0.2, 0) is 13.1 Å². The van der Waals surface area contributed by atoms with E-state index in [1.54, 1.807) is 0 Å². The van der Waals surface area contributed by atoms with E-state index in [0.29, 0.717) is 25.1 Å². The molecule has 33 heavy (non-hydrogen) atoms. The van der Waals surface area contributed by atoms with Gasteiger partial charge in [-0.05, 0) is 37.5 Å². The number of nitrogens with one attached hydrogen (secondary N) is 1. The number of halogens is 2. The van der Waals surface area contributed by atoms with E-state index in [1.807, 2.05) is 45.0 Å². The lowest BCUT2D eigenvalue weighted by atomic mass is 10.1. The molecule has 2 aromatic carbocycles. The molecule has 2 amide bonds. The molecule has 8 heteroatoms. The van der Waals surface area contributed by atoms with E-state index in [9.17, 15) is 18.4 Å². The highest BCUT2D eigenvalue weighted by atomic mass is 19.1. The van der Waals surface area contributed by atoms with E-state index < -0.39 is 23.4 Å². The topological polar surface area (TPSA) is 75.4 Å². The van der Waals surface area contributed by atoms with Crippen LogP contribution in [0.25, 0.3) is 0 Å². The maximum absolute atomic E-state index is 13.7. The van der Waals surface area contributed by atoms with Gasteiger partial charge in [0.1, 0.15) is 11.6 Å². The molecule has 0 saturated carbocycles. The van der Waals surface area contributed by atoms with Gasteiger partial charge < -0.3 is 14.7 Å². The molecule has 3 rings (SSSR count). The average Bonchev–Trinajstić information content (AvgIpc) is 3.26. The maximum Gasteiger partial charge on any atom is 0.273 e. The first-order valence-corrected chi connectivity index (χ1v) is 10.9. The summed E-state index contributed by atoms with van der Waals surface area (Å²) in [4.78, 5) is 27.0. The molecule has 6 nitrogen and oxygen atoms in total. The summed E-state index contributed by atoms with van der Waals surface area (Å²) in [6.07, 6.45) is 1.27. The van der Waals surface area contributed by atoms with Gasteiger partial charge in [0.15, 0.2) is 11.5 Å². The quantitative estimate of drug-likeness (QED) is 0.492. The van der Waals surface area contributed by atoms with Gasteiger partial charge in [0.25, 0.3) is 11.8 Å². The number of aromatic nitrogens is 1. The lowest BCUT2D eigenvalue weighted by molar-refractivity contribution is 0.0626. The largest absolute Gasteiger partial charge is 0.359 e. The second-order valence-electron chi connectivity index (χ2n) is 7.91. The Morgan fingerprint density at radius 3 is 2.27 bits per heavy atom. The van der Waals surface area contributed by atoms with Crippen LogP contribution in [0, 0.1) is 18.6 Å². The van der Waals surface area contributed by atoms with Crippen molar-refractivity contribution in [3.05, 3.63) is 88.3 Å². The number of nitrogens with zero attached hydrogens (tertiary/aromatic N) is 2. The van der Waals surface area contributed by atoms with Crippen molar-refractivity contribution in [2.24, 2.45) is 0 Å². The number of carbonyl (C=O) groups is 2. The first-order chi connectivity index (χ1) is 15.8. The van der Waals surface area contributed by atoms with Crippen LogP contribution in [0.15, 0.2) is 53.1 Å². The number of carbonyl (C=O) groups excluding carboxylic acids is 2. The Morgan fingerprint density at radius 2 is 1.67 bits per heavy atom. The summed E-state index contributed by atoms with van der Waals surface area (Å²) in [5, 5.41) is 6.60. The van der Waals surface area contributed by atoms with Gasteiger partial charge in [-0.2, -0.15) is 0 Å². The Morgan fingerprint density at radius 1 is 1.03 bits per heavy atom. The summed E-state index contributed by atoms with van der Waals surface area (Å²) < 4.78 is 32.6. The van der Waals surface area contributed by atoms with Gasteiger partial charge >= 0.3 is 0 Å². The fourth-order valence-electron chi connectivity index (χ4n) is 3.58. The molecule has 174 valence electrons. The SMILES string of the molecule is CCC(CC)N(Cc1cc(C(=O)NCc2ccc(C)cc2)no1)C(=O)c1cc(F)cc(F)c1. The molecule has 0 saturated heterocycles. The second kappa shape index (κ2) is 10.8. The van der Waals surface area contributed by atoms with E-state index in [1.165, 1.54) is 11.0 Å². The van der Waals surface area contributed by atoms with Crippen molar-refractivity contribution in [1.29, 1.82) is 0 Å². The fraction of sp³-hybridized carbons (Fsp3) is 0.320. The minimum Gasteiger partial charge on any atom is -0.359 e. The third-order valence-electron chi connectivity index (χ3n) is 5.45. The van der Waals surface area contributed by atoms with Crippen molar-refractivity contribution in [2.75, 3.05) is 0 Å². The Hall–Kier alpha value is -3.55. The number of amides is 2. The van der Waals surface area contributed by atoms with Crippen LogP contribution in [0.2, 0.25) is 0 Å². The van der Waals surface area contributed by atoms with Crippen molar-refractivity contribution >= 4 is 11.8 Å². The van der Waals surface area contributed by atoms with E-state index in [0.717, 1.165) is 29.3 Å². The maximum atomic E-state index is 13.7. The molecule has 0 spiro atoms. The molecule has 1 N–H and O–H groups in total.